The van der Waals surface area contributed by atoms with Gasteiger partial charge in [0.05, 0.1) is 6.10 Å². The number of benzene rings is 2. The van der Waals surface area contributed by atoms with E-state index in [-0.39, 0.29) is 5.82 Å². The maximum atomic E-state index is 13.4. The first-order chi connectivity index (χ1) is 9.63. The maximum absolute atomic E-state index is 13.4. The summed E-state index contributed by atoms with van der Waals surface area (Å²) in [4.78, 5) is 2.06. The molecule has 3 heteroatoms. The van der Waals surface area contributed by atoms with E-state index >= 15 is 0 Å². The number of β-amino-alcohol motifs (C(OH)–C–C–N with tert-alkyl or cyclic N) is 1. The number of nitrogens with zero attached hydrogens (tertiary/aromatic N) is 1. The van der Waals surface area contributed by atoms with Crippen LogP contribution in [0.2, 0.25) is 0 Å². The molecule has 0 fully saturated rings. The van der Waals surface area contributed by atoms with Crippen molar-refractivity contribution in [3.05, 3.63) is 65.0 Å². The molecule has 0 bridgehead atoms. The van der Waals surface area contributed by atoms with Crippen LogP contribution in [0.1, 0.15) is 22.8 Å². The van der Waals surface area contributed by atoms with Gasteiger partial charge >= 0.3 is 0 Å². The van der Waals surface area contributed by atoms with Crippen LogP contribution in [0.4, 0.5) is 10.1 Å². The topological polar surface area (TPSA) is 23.5 Å². The van der Waals surface area contributed by atoms with Gasteiger partial charge in [0, 0.05) is 18.8 Å². The Bertz CT molecular complexity index is 626. The van der Waals surface area contributed by atoms with Crippen molar-refractivity contribution in [2.75, 3.05) is 18.0 Å². The lowest BCUT2D eigenvalue weighted by Gasteiger charge is -2.23. The molecule has 0 radical (unpaired) electrons. The molecule has 3 rings (SSSR count). The molecular formula is C17H18FNO. The van der Waals surface area contributed by atoms with Crippen molar-refractivity contribution >= 4 is 5.69 Å². The standard InChI is InChI=1S/C17H18FNO/c1-12-3-2-4-14(9-12)17(20)11-19-8-7-13-5-6-15(18)10-16(13)19/h2-6,9-10,17,20H,7-8,11H2,1H3. The predicted octanol–water partition coefficient (Wildman–Crippen LogP) is 3.23. The monoisotopic (exact) mass is 271 g/mol. The molecule has 1 unspecified atom stereocenters. The molecule has 0 saturated heterocycles. The Hall–Kier alpha value is -1.87. The number of aryl methyl sites for hydroxylation is 1. The third-order valence-electron chi connectivity index (χ3n) is 3.86. The average molecular weight is 271 g/mol. The molecule has 104 valence electrons. The SMILES string of the molecule is Cc1cccc(C(O)CN2CCc3ccc(F)cc32)c1. The number of halogens is 1. The van der Waals surface area contributed by atoms with E-state index in [1.807, 2.05) is 37.3 Å². The van der Waals surface area contributed by atoms with E-state index in [1.165, 1.54) is 6.07 Å². The van der Waals surface area contributed by atoms with Gasteiger partial charge in [-0.05, 0) is 36.6 Å². The van der Waals surface area contributed by atoms with Crippen molar-refractivity contribution in [3.8, 4) is 0 Å². The molecule has 1 aliphatic heterocycles. The van der Waals surface area contributed by atoms with Crippen LogP contribution in [0.15, 0.2) is 42.5 Å². The van der Waals surface area contributed by atoms with Gasteiger partial charge in [-0.3, -0.25) is 0 Å². The van der Waals surface area contributed by atoms with E-state index in [0.29, 0.717) is 6.54 Å². The molecular weight excluding hydrogens is 253 g/mol. The van der Waals surface area contributed by atoms with Crippen LogP contribution in [0, 0.1) is 12.7 Å². The van der Waals surface area contributed by atoms with Gasteiger partial charge in [-0.25, -0.2) is 4.39 Å². The number of hydrogen-bond donors (Lipinski definition) is 1. The third kappa shape index (κ3) is 2.54. The lowest BCUT2D eigenvalue weighted by Crippen LogP contribution is -2.26. The van der Waals surface area contributed by atoms with Crippen LogP contribution in [0.5, 0.6) is 0 Å². The molecule has 0 aromatic heterocycles. The van der Waals surface area contributed by atoms with Gasteiger partial charge in [0.15, 0.2) is 0 Å². The minimum Gasteiger partial charge on any atom is -0.387 e. The van der Waals surface area contributed by atoms with Crippen molar-refractivity contribution < 1.29 is 9.50 Å². The molecule has 20 heavy (non-hydrogen) atoms. The molecule has 0 spiro atoms. The second-order valence-corrected chi connectivity index (χ2v) is 5.40. The number of fused-ring (bicyclic) bond motifs is 1. The van der Waals surface area contributed by atoms with Gasteiger partial charge in [0.2, 0.25) is 0 Å². The fraction of sp³-hybridized carbons (Fsp3) is 0.294. The summed E-state index contributed by atoms with van der Waals surface area (Å²) in [5.74, 6) is -0.222. The summed E-state index contributed by atoms with van der Waals surface area (Å²) >= 11 is 0. The van der Waals surface area contributed by atoms with Gasteiger partial charge in [0.25, 0.3) is 0 Å². The first-order valence-electron chi connectivity index (χ1n) is 6.91. The number of aliphatic hydroxyl groups excluding tert-OH is 1. The van der Waals surface area contributed by atoms with Crippen LogP contribution >= 0.6 is 0 Å². The first kappa shape index (κ1) is 13.1. The molecule has 2 nitrogen and oxygen atoms in total. The number of hydrogen-bond acceptors (Lipinski definition) is 2. The Morgan fingerprint density at radius 3 is 2.90 bits per heavy atom. The van der Waals surface area contributed by atoms with Crippen LogP contribution in [0.25, 0.3) is 0 Å². The quantitative estimate of drug-likeness (QED) is 0.926. The third-order valence-corrected chi connectivity index (χ3v) is 3.86. The van der Waals surface area contributed by atoms with E-state index in [9.17, 15) is 9.50 Å². The highest BCUT2D eigenvalue weighted by molar-refractivity contribution is 5.58. The number of rotatable bonds is 3. The number of aliphatic hydroxyl groups is 1. The Labute approximate surface area is 118 Å². The fourth-order valence-electron chi connectivity index (χ4n) is 2.80. The Kier molecular flexibility index (Phi) is 3.45. The van der Waals surface area contributed by atoms with Crippen LogP contribution in [0.3, 0.4) is 0 Å². The second kappa shape index (κ2) is 5.25. The summed E-state index contributed by atoms with van der Waals surface area (Å²) < 4.78 is 13.4. The first-order valence-corrected chi connectivity index (χ1v) is 6.91. The summed E-state index contributed by atoms with van der Waals surface area (Å²) in [7, 11) is 0. The zero-order valence-electron chi connectivity index (χ0n) is 11.5. The summed E-state index contributed by atoms with van der Waals surface area (Å²) in [6.45, 7) is 3.35. The summed E-state index contributed by atoms with van der Waals surface area (Å²) in [5.41, 5.74) is 4.11. The second-order valence-electron chi connectivity index (χ2n) is 5.40. The van der Waals surface area contributed by atoms with Crippen molar-refractivity contribution in [3.63, 3.8) is 0 Å². The summed E-state index contributed by atoms with van der Waals surface area (Å²) in [6, 6.07) is 12.8. The van der Waals surface area contributed by atoms with E-state index < -0.39 is 6.10 Å². The van der Waals surface area contributed by atoms with Crippen LogP contribution in [-0.2, 0) is 6.42 Å². The molecule has 1 aliphatic rings. The largest absolute Gasteiger partial charge is 0.387 e. The molecule has 0 aliphatic carbocycles. The van der Waals surface area contributed by atoms with E-state index in [4.69, 9.17) is 0 Å². The predicted molar refractivity (Wildman–Crippen MR) is 78.5 cm³/mol. The zero-order chi connectivity index (χ0) is 14.1. The lowest BCUT2D eigenvalue weighted by atomic mass is 10.1. The van der Waals surface area contributed by atoms with Gasteiger partial charge < -0.3 is 10.0 Å². The Morgan fingerprint density at radius 2 is 2.10 bits per heavy atom. The van der Waals surface area contributed by atoms with Gasteiger partial charge in [-0.1, -0.05) is 35.9 Å². The smallest absolute Gasteiger partial charge is 0.125 e. The molecule has 0 amide bonds. The lowest BCUT2D eigenvalue weighted by molar-refractivity contribution is 0.184. The van der Waals surface area contributed by atoms with Crippen LogP contribution in [-0.4, -0.2) is 18.2 Å². The molecule has 0 saturated carbocycles. The molecule has 2 aromatic carbocycles. The molecule has 1 heterocycles. The van der Waals surface area contributed by atoms with E-state index in [2.05, 4.69) is 4.90 Å². The minimum absolute atomic E-state index is 0.222. The Balaban J connectivity index is 1.78. The van der Waals surface area contributed by atoms with Crippen molar-refractivity contribution in [1.29, 1.82) is 0 Å². The van der Waals surface area contributed by atoms with E-state index in [0.717, 1.165) is 35.3 Å². The Morgan fingerprint density at radius 1 is 1.25 bits per heavy atom. The minimum atomic E-state index is -0.552. The number of anilines is 1. The summed E-state index contributed by atoms with van der Waals surface area (Å²) in [6.07, 6.45) is 0.361. The highest BCUT2D eigenvalue weighted by atomic mass is 19.1. The van der Waals surface area contributed by atoms with Crippen molar-refractivity contribution in [2.45, 2.75) is 19.4 Å². The summed E-state index contributed by atoms with van der Waals surface area (Å²) in [5, 5.41) is 10.4. The van der Waals surface area contributed by atoms with Crippen molar-refractivity contribution in [2.24, 2.45) is 0 Å². The molecule has 1 N–H and O–H groups in total. The average Bonchev–Trinajstić information content (AvgIpc) is 2.81. The van der Waals surface area contributed by atoms with Gasteiger partial charge in [0.1, 0.15) is 5.82 Å². The molecule has 1 atom stereocenters. The highest BCUT2D eigenvalue weighted by Crippen LogP contribution is 2.30. The van der Waals surface area contributed by atoms with Crippen molar-refractivity contribution in [1.82, 2.24) is 0 Å². The normalized spacial score (nSPS) is 15.2. The molecule has 2 aromatic rings. The van der Waals surface area contributed by atoms with Gasteiger partial charge in [-0.15, -0.1) is 0 Å². The van der Waals surface area contributed by atoms with E-state index in [1.54, 1.807) is 6.07 Å². The fourth-order valence-corrected chi connectivity index (χ4v) is 2.80. The maximum Gasteiger partial charge on any atom is 0.125 e. The highest BCUT2D eigenvalue weighted by Gasteiger charge is 2.22. The van der Waals surface area contributed by atoms with Crippen LogP contribution < -0.4 is 4.90 Å². The van der Waals surface area contributed by atoms with Gasteiger partial charge in [-0.2, -0.15) is 0 Å². The zero-order valence-corrected chi connectivity index (χ0v) is 11.5.